The fraction of sp³-hybridized carbons (Fsp3) is 0.143. The molecule has 0 aliphatic carbocycles. The predicted molar refractivity (Wildman–Crippen MR) is 108 cm³/mol. The van der Waals surface area contributed by atoms with Gasteiger partial charge in [0, 0.05) is 29.0 Å². The number of pyridine rings is 1. The number of carboxylic acids is 1. The lowest BCUT2D eigenvalue weighted by molar-refractivity contribution is 0.0691. The lowest BCUT2D eigenvalue weighted by Crippen LogP contribution is -1.99. The number of fused-ring (bicyclic) bond motifs is 1. The number of aromatic carboxylic acids is 1. The molecule has 1 aromatic carbocycles. The molecule has 0 radical (unpaired) electrons. The first-order valence-electron chi connectivity index (χ1n) is 8.92. The van der Waals surface area contributed by atoms with Crippen LogP contribution in [0.2, 0.25) is 0 Å². The largest absolute Gasteiger partial charge is 0.477 e. The smallest absolute Gasteiger partial charge is 0.352 e. The molecular weight excluding hydrogens is 354 g/mol. The Morgan fingerprint density at radius 1 is 1.04 bits per heavy atom. The summed E-state index contributed by atoms with van der Waals surface area (Å²) in [5, 5.41) is 13.1. The van der Waals surface area contributed by atoms with Gasteiger partial charge in [0.15, 0.2) is 0 Å². The van der Waals surface area contributed by atoms with Gasteiger partial charge in [0.2, 0.25) is 5.95 Å². The molecule has 0 aliphatic heterocycles. The molecule has 3 N–H and O–H groups in total. The van der Waals surface area contributed by atoms with Crippen LogP contribution in [0.3, 0.4) is 0 Å². The molecule has 0 saturated carbocycles. The van der Waals surface area contributed by atoms with Crippen LogP contribution in [-0.4, -0.2) is 31.0 Å². The topological polar surface area (TPSA) is 104 Å². The van der Waals surface area contributed by atoms with Gasteiger partial charge in [-0.15, -0.1) is 0 Å². The molecule has 0 amide bonds. The molecule has 7 nitrogen and oxygen atoms in total. The van der Waals surface area contributed by atoms with E-state index in [2.05, 4.69) is 39.1 Å². The Kier molecular flexibility index (Phi) is 4.49. The van der Waals surface area contributed by atoms with Gasteiger partial charge in [-0.05, 0) is 53.9 Å². The summed E-state index contributed by atoms with van der Waals surface area (Å²) in [6.07, 6.45) is 3.48. The van der Waals surface area contributed by atoms with Gasteiger partial charge in [0.05, 0.1) is 11.4 Å². The van der Waals surface area contributed by atoms with Crippen LogP contribution >= 0.6 is 0 Å². The highest BCUT2D eigenvalue weighted by Crippen LogP contribution is 2.24. The van der Waals surface area contributed by atoms with Crippen molar-refractivity contribution in [2.45, 2.75) is 19.8 Å². The molecule has 3 heterocycles. The molecule has 0 fully saturated rings. The summed E-state index contributed by atoms with van der Waals surface area (Å²) in [6, 6.07) is 13.0. The zero-order valence-corrected chi connectivity index (χ0v) is 15.5. The van der Waals surface area contributed by atoms with Gasteiger partial charge in [0.1, 0.15) is 5.69 Å². The van der Waals surface area contributed by atoms with Crippen LogP contribution in [0.25, 0.3) is 22.3 Å². The SMILES string of the molecule is CC(C)c1ccnc(-c2ccnc(Nc3ccc4[nH]c(C(=O)O)cc4c3)n2)c1. The number of carboxylic acid groups (broad SMARTS) is 1. The highest BCUT2D eigenvalue weighted by molar-refractivity contribution is 5.94. The number of benzene rings is 1. The summed E-state index contributed by atoms with van der Waals surface area (Å²) in [5.74, 6) is -0.134. The molecule has 0 aliphatic rings. The second-order valence-electron chi connectivity index (χ2n) is 6.81. The zero-order valence-electron chi connectivity index (χ0n) is 15.5. The van der Waals surface area contributed by atoms with Crippen molar-refractivity contribution in [1.29, 1.82) is 0 Å². The number of hydrogen-bond donors (Lipinski definition) is 3. The Morgan fingerprint density at radius 3 is 2.64 bits per heavy atom. The molecule has 4 aromatic rings. The minimum atomic E-state index is -0.988. The van der Waals surface area contributed by atoms with E-state index in [-0.39, 0.29) is 5.69 Å². The molecule has 3 aromatic heterocycles. The van der Waals surface area contributed by atoms with Gasteiger partial charge in [-0.1, -0.05) is 13.8 Å². The third-order valence-electron chi connectivity index (χ3n) is 4.48. The Labute approximate surface area is 161 Å². The van der Waals surface area contributed by atoms with Crippen molar-refractivity contribution in [3.63, 3.8) is 0 Å². The third kappa shape index (κ3) is 3.55. The lowest BCUT2D eigenvalue weighted by atomic mass is 10.0. The number of rotatable bonds is 5. The summed E-state index contributed by atoms with van der Waals surface area (Å²) in [7, 11) is 0. The predicted octanol–water partition coefficient (Wildman–Crippen LogP) is 4.59. The first kappa shape index (κ1) is 17.7. The van der Waals surface area contributed by atoms with Gasteiger partial charge >= 0.3 is 5.97 Å². The maximum Gasteiger partial charge on any atom is 0.352 e. The molecule has 4 rings (SSSR count). The number of H-pyrrole nitrogens is 1. The molecule has 140 valence electrons. The first-order chi connectivity index (χ1) is 13.5. The van der Waals surface area contributed by atoms with Crippen LogP contribution < -0.4 is 5.32 Å². The van der Waals surface area contributed by atoms with Crippen molar-refractivity contribution in [3.8, 4) is 11.4 Å². The summed E-state index contributed by atoms with van der Waals surface area (Å²) in [6.45, 7) is 4.28. The maximum atomic E-state index is 11.1. The minimum Gasteiger partial charge on any atom is -0.477 e. The maximum absolute atomic E-state index is 11.1. The van der Waals surface area contributed by atoms with E-state index in [9.17, 15) is 4.79 Å². The summed E-state index contributed by atoms with van der Waals surface area (Å²) < 4.78 is 0. The molecule has 0 saturated heterocycles. The number of nitrogens with one attached hydrogen (secondary N) is 2. The van der Waals surface area contributed by atoms with E-state index < -0.39 is 5.97 Å². The second kappa shape index (κ2) is 7.11. The average Bonchev–Trinajstić information content (AvgIpc) is 3.12. The summed E-state index contributed by atoms with van der Waals surface area (Å²) >= 11 is 0. The lowest BCUT2D eigenvalue weighted by Gasteiger charge is -2.09. The quantitative estimate of drug-likeness (QED) is 0.473. The number of nitrogens with zero attached hydrogens (tertiary/aromatic N) is 3. The van der Waals surface area contributed by atoms with Crippen LogP contribution in [0, 0.1) is 0 Å². The molecule has 0 bridgehead atoms. The van der Waals surface area contributed by atoms with Crippen molar-refractivity contribution in [2.24, 2.45) is 0 Å². The number of hydrogen-bond acceptors (Lipinski definition) is 5. The Bertz CT molecular complexity index is 1170. The van der Waals surface area contributed by atoms with Crippen LogP contribution in [0.5, 0.6) is 0 Å². The number of carbonyl (C=O) groups is 1. The van der Waals surface area contributed by atoms with Crippen LogP contribution in [0.1, 0.15) is 35.8 Å². The normalized spacial score (nSPS) is 11.1. The highest BCUT2D eigenvalue weighted by atomic mass is 16.4. The third-order valence-corrected chi connectivity index (χ3v) is 4.48. The Balaban J connectivity index is 1.62. The van der Waals surface area contributed by atoms with Crippen molar-refractivity contribution in [2.75, 3.05) is 5.32 Å². The van der Waals surface area contributed by atoms with Gasteiger partial charge in [-0.3, -0.25) is 4.98 Å². The Hall–Kier alpha value is -3.74. The van der Waals surface area contributed by atoms with Gasteiger partial charge in [-0.2, -0.15) is 0 Å². The van der Waals surface area contributed by atoms with E-state index in [1.807, 2.05) is 36.4 Å². The van der Waals surface area contributed by atoms with Crippen molar-refractivity contribution in [3.05, 3.63) is 66.1 Å². The molecule has 28 heavy (non-hydrogen) atoms. The van der Waals surface area contributed by atoms with Gasteiger partial charge in [-0.25, -0.2) is 14.8 Å². The molecule has 0 unspecified atom stereocenters. The van der Waals surface area contributed by atoms with E-state index in [1.165, 1.54) is 5.56 Å². The molecule has 0 atom stereocenters. The van der Waals surface area contributed by atoms with Gasteiger partial charge in [0.25, 0.3) is 0 Å². The van der Waals surface area contributed by atoms with E-state index in [1.54, 1.807) is 18.5 Å². The number of aromatic nitrogens is 4. The van der Waals surface area contributed by atoms with Crippen LogP contribution in [0.15, 0.2) is 54.9 Å². The molecule has 7 heteroatoms. The van der Waals surface area contributed by atoms with E-state index in [0.29, 0.717) is 11.9 Å². The summed E-state index contributed by atoms with van der Waals surface area (Å²) in [5.41, 5.74) is 4.41. The second-order valence-corrected chi connectivity index (χ2v) is 6.81. The number of aromatic amines is 1. The summed E-state index contributed by atoms with van der Waals surface area (Å²) in [4.78, 5) is 27.2. The fourth-order valence-electron chi connectivity index (χ4n) is 2.96. The standard InChI is InChI=1S/C21H19N5O2/c1-12(2)13-5-7-22-18(10-13)17-6-8-23-21(26-17)24-15-3-4-16-14(9-15)11-19(25-16)20(27)28/h3-12,25H,1-2H3,(H,27,28)(H,23,24,26). The van der Waals surface area contributed by atoms with Crippen LogP contribution in [-0.2, 0) is 0 Å². The average molecular weight is 373 g/mol. The monoisotopic (exact) mass is 373 g/mol. The highest BCUT2D eigenvalue weighted by Gasteiger charge is 2.09. The Morgan fingerprint density at radius 2 is 1.86 bits per heavy atom. The van der Waals surface area contributed by atoms with E-state index in [0.717, 1.165) is 28.0 Å². The molecule has 0 spiro atoms. The minimum absolute atomic E-state index is 0.154. The van der Waals surface area contributed by atoms with E-state index in [4.69, 9.17) is 5.11 Å². The van der Waals surface area contributed by atoms with E-state index >= 15 is 0 Å². The molecular formula is C21H19N5O2. The van der Waals surface area contributed by atoms with Crippen molar-refractivity contribution >= 4 is 28.5 Å². The first-order valence-corrected chi connectivity index (χ1v) is 8.92. The fourth-order valence-corrected chi connectivity index (χ4v) is 2.96. The van der Waals surface area contributed by atoms with Crippen LogP contribution in [0.4, 0.5) is 11.6 Å². The zero-order chi connectivity index (χ0) is 19.7. The van der Waals surface area contributed by atoms with Crippen molar-refractivity contribution in [1.82, 2.24) is 19.9 Å². The van der Waals surface area contributed by atoms with Crippen molar-refractivity contribution < 1.29 is 9.90 Å². The van der Waals surface area contributed by atoms with Gasteiger partial charge < -0.3 is 15.4 Å². The number of anilines is 2.